The molecule has 162 valence electrons. The fourth-order valence-corrected chi connectivity index (χ4v) is 3.60. The number of hydrogen-bond donors (Lipinski definition) is 1. The molecule has 30 heavy (non-hydrogen) atoms. The van der Waals surface area contributed by atoms with Crippen molar-refractivity contribution in [3.63, 3.8) is 0 Å². The molecular formula is C20H28N6O4. The fraction of sp³-hybridized carbons (Fsp3) is 0.550. The van der Waals surface area contributed by atoms with E-state index >= 15 is 0 Å². The topological polar surface area (TPSA) is 113 Å². The highest BCUT2D eigenvalue weighted by Crippen LogP contribution is 2.18. The monoisotopic (exact) mass is 416 g/mol. The van der Waals surface area contributed by atoms with Crippen LogP contribution in [-0.4, -0.2) is 76.2 Å². The van der Waals surface area contributed by atoms with E-state index in [9.17, 15) is 14.4 Å². The Morgan fingerprint density at radius 1 is 1.27 bits per heavy atom. The third-order valence-electron chi connectivity index (χ3n) is 5.26. The van der Waals surface area contributed by atoms with Crippen LogP contribution in [0.25, 0.3) is 5.57 Å². The van der Waals surface area contributed by atoms with Crippen LogP contribution in [0.15, 0.2) is 17.2 Å². The van der Waals surface area contributed by atoms with Crippen LogP contribution in [0.2, 0.25) is 0 Å². The van der Waals surface area contributed by atoms with Gasteiger partial charge in [0.15, 0.2) is 0 Å². The van der Waals surface area contributed by atoms with E-state index in [4.69, 9.17) is 4.74 Å². The molecule has 1 aromatic rings. The van der Waals surface area contributed by atoms with Crippen LogP contribution in [-0.2, 0) is 27.3 Å². The lowest BCUT2D eigenvalue weighted by Crippen LogP contribution is -2.50. The second kappa shape index (κ2) is 10.1. The Morgan fingerprint density at radius 3 is 2.63 bits per heavy atom. The number of aromatic amines is 1. The average Bonchev–Trinajstić information content (AvgIpc) is 2.83. The predicted molar refractivity (Wildman–Crippen MR) is 112 cm³/mol. The van der Waals surface area contributed by atoms with E-state index in [-0.39, 0.29) is 18.0 Å². The van der Waals surface area contributed by atoms with Gasteiger partial charge in [0.1, 0.15) is 24.1 Å². The molecule has 0 radical (unpaired) electrons. The van der Waals surface area contributed by atoms with Gasteiger partial charge in [-0.1, -0.05) is 13.0 Å². The molecule has 2 aliphatic heterocycles. The number of nitrogens with one attached hydrogen (secondary N) is 1. The summed E-state index contributed by atoms with van der Waals surface area (Å²) < 4.78 is 6.63. The molecule has 0 saturated carbocycles. The largest absolute Gasteiger partial charge is 0.377 e. The summed E-state index contributed by atoms with van der Waals surface area (Å²) in [4.78, 5) is 49.1. The summed E-state index contributed by atoms with van der Waals surface area (Å²) in [5.74, 6) is 0.500. The molecule has 1 aromatic heterocycles. The summed E-state index contributed by atoms with van der Waals surface area (Å²) in [6.07, 6.45) is 5.20. The summed E-state index contributed by atoms with van der Waals surface area (Å²) in [7, 11) is 0. The third kappa shape index (κ3) is 4.93. The Labute approximate surface area is 174 Å². The molecule has 10 nitrogen and oxygen atoms in total. The van der Waals surface area contributed by atoms with Crippen molar-refractivity contribution in [2.45, 2.75) is 33.2 Å². The molecule has 10 heteroatoms. The van der Waals surface area contributed by atoms with E-state index in [0.717, 1.165) is 5.57 Å². The summed E-state index contributed by atoms with van der Waals surface area (Å²) in [6.45, 7) is 6.47. The number of carbonyl (C=O) groups excluding carboxylic acids is 2. The number of carbonyl (C=O) groups is 2. The molecule has 1 fully saturated rings. The van der Waals surface area contributed by atoms with Gasteiger partial charge in [-0.2, -0.15) is 0 Å². The normalized spacial score (nSPS) is 16.7. The molecule has 0 bridgehead atoms. The molecular weight excluding hydrogens is 388 g/mol. The zero-order valence-electron chi connectivity index (χ0n) is 17.5. The van der Waals surface area contributed by atoms with Gasteiger partial charge < -0.3 is 19.3 Å². The Balaban J connectivity index is 2.13. The first-order valence-electron chi connectivity index (χ1n) is 10.2. The molecule has 2 aliphatic rings. The number of H-pyrrole nitrogens is 1. The Morgan fingerprint density at radius 2 is 2.03 bits per heavy atom. The number of anilines is 1. The van der Waals surface area contributed by atoms with Crippen LogP contribution >= 0.6 is 0 Å². The molecule has 3 rings (SSSR count). The maximum atomic E-state index is 13.5. The van der Waals surface area contributed by atoms with Gasteiger partial charge in [-0.3, -0.25) is 14.7 Å². The van der Waals surface area contributed by atoms with Crippen LogP contribution in [0.3, 0.4) is 0 Å². The molecule has 0 unspecified atom stereocenters. The second-order valence-corrected chi connectivity index (χ2v) is 7.11. The Kier molecular flexibility index (Phi) is 7.34. The van der Waals surface area contributed by atoms with Crippen molar-refractivity contribution in [1.82, 2.24) is 24.6 Å². The highest BCUT2D eigenvalue weighted by Gasteiger charge is 2.23. The Bertz CT molecular complexity index is 926. The fourth-order valence-electron chi connectivity index (χ4n) is 3.60. The van der Waals surface area contributed by atoms with Gasteiger partial charge in [-0.25, -0.2) is 14.6 Å². The lowest BCUT2D eigenvalue weighted by atomic mass is 10.1. The number of amides is 1. The number of aromatic nitrogens is 4. The maximum absolute atomic E-state index is 13.5. The van der Waals surface area contributed by atoms with Crippen molar-refractivity contribution in [1.29, 1.82) is 0 Å². The highest BCUT2D eigenvalue weighted by atomic mass is 16.5. The van der Waals surface area contributed by atoms with Crippen LogP contribution in [0.1, 0.15) is 31.8 Å². The lowest BCUT2D eigenvalue weighted by molar-refractivity contribution is -0.129. The van der Waals surface area contributed by atoms with E-state index in [1.807, 2.05) is 17.9 Å². The number of aryl methyl sites for hydroxylation is 1. The summed E-state index contributed by atoms with van der Waals surface area (Å²) in [5.41, 5.74) is 1.60. The van der Waals surface area contributed by atoms with Crippen molar-refractivity contribution >= 4 is 23.5 Å². The number of aldehydes is 1. The molecule has 0 aliphatic carbocycles. The summed E-state index contributed by atoms with van der Waals surface area (Å²) in [5, 5.41) is 3.02. The van der Waals surface area contributed by atoms with Crippen molar-refractivity contribution < 1.29 is 14.3 Å². The van der Waals surface area contributed by atoms with Gasteiger partial charge >= 0.3 is 0 Å². The highest BCUT2D eigenvalue weighted by molar-refractivity contribution is 5.73. The van der Waals surface area contributed by atoms with E-state index in [2.05, 4.69) is 15.1 Å². The zero-order chi connectivity index (χ0) is 21.5. The average molecular weight is 416 g/mol. The van der Waals surface area contributed by atoms with Crippen molar-refractivity contribution in [3.05, 3.63) is 34.3 Å². The van der Waals surface area contributed by atoms with Crippen LogP contribution in [0.5, 0.6) is 0 Å². The van der Waals surface area contributed by atoms with Crippen LogP contribution < -0.4 is 10.5 Å². The number of hydrogen-bond acceptors (Lipinski definition) is 7. The van der Waals surface area contributed by atoms with E-state index in [1.165, 1.54) is 11.0 Å². The van der Waals surface area contributed by atoms with Gasteiger partial charge in [-0.05, 0) is 18.4 Å². The number of ether oxygens (including phenoxy) is 1. The van der Waals surface area contributed by atoms with Gasteiger partial charge in [0.2, 0.25) is 5.91 Å². The van der Waals surface area contributed by atoms with E-state index < -0.39 is 0 Å². The first-order valence-corrected chi connectivity index (χ1v) is 10.2. The SMILES string of the molecule is CCc1ncnc(C2=CCOCC2)[nH]n(CC=O)c(=O)c1N1CCN(C(C)=O)CC1. The quantitative estimate of drug-likeness (QED) is 0.688. The Hall–Kier alpha value is -3.01. The van der Waals surface area contributed by atoms with E-state index in [0.29, 0.717) is 75.7 Å². The first kappa shape index (κ1) is 21.7. The number of rotatable bonds is 5. The number of nitrogens with zero attached hydrogens (tertiary/aromatic N) is 5. The standard InChI is InChI=1S/C20H28N6O4/c1-3-17-18(25-8-6-24(7-9-25)15(2)28)20(29)26(10-11-27)23-19(22-14-21-17)16-4-12-30-13-5-16/h4,11,14H,3,5-10,12-13H2,1-2H3,(H,21,22,23). The predicted octanol–water partition coefficient (Wildman–Crippen LogP) is 0.324. The maximum Gasteiger partial charge on any atom is 0.290 e. The number of piperazine rings is 1. The molecule has 0 aromatic carbocycles. The molecule has 1 saturated heterocycles. The third-order valence-corrected chi connectivity index (χ3v) is 5.26. The molecule has 1 amide bonds. The van der Waals surface area contributed by atoms with Gasteiger partial charge in [0.25, 0.3) is 5.56 Å². The van der Waals surface area contributed by atoms with Gasteiger partial charge in [0.05, 0.1) is 25.5 Å². The van der Waals surface area contributed by atoms with Crippen molar-refractivity contribution in [2.75, 3.05) is 44.3 Å². The molecule has 0 spiro atoms. The summed E-state index contributed by atoms with van der Waals surface area (Å²) >= 11 is 0. The van der Waals surface area contributed by atoms with E-state index in [1.54, 1.807) is 11.8 Å². The van der Waals surface area contributed by atoms with Gasteiger partial charge in [0, 0.05) is 33.1 Å². The minimum absolute atomic E-state index is 0.0187. The lowest BCUT2D eigenvalue weighted by Gasteiger charge is -2.35. The molecule has 3 heterocycles. The second-order valence-electron chi connectivity index (χ2n) is 7.11. The summed E-state index contributed by atoms with van der Waals surface area (Å²) in [6, 6.07) is 0. The van der Waals surface area contributed by atoms with Crippen LogP contribution in [0, 0.1) is 0 Å². The zero-order valence-corrected chi connectivity index (χ0v) is 17.5. The smallest absolute Gasteiger partial charge is 0.290 e. The van der Waals surface area contributed by atoms with Crippen molar-refractivity contribution in [3.8, 4) is 0 Å². The first-order chi connectivity index (χ1) is 14.5. The molecule has 1 N–H and O–H groups in total. The minimum Gasteiger partial charge on any atom is -0.377 e. The molecule has 0 atom stereocenters. The van der Waals surface area contributed by atoms with Crippen LogP contribution in [0.4, 0.5) is 5.69 Å². The van der Waals surface area contributed by atoms with Gasteiger partial charge in [-0.15, -0.1) is 0 Å². The minimum atomic E-state index is -0.338. The van der Waals surface area contributed by atoms with Crippen molar-refractivity contribution in [2.24, 2.45) is 0 Å².